The van der Waals surface area contributed by atoms with Gasteiger partial charge >= 0.3 is 6.03 Å². The molecule has 5 heterocycles. The molecular weight excluding hydrogens is 495 g/mol. The lowest BCUT2D eigenvalue weighted by Crippen LogP contribution is -2.40. The number of aromatic amines is 1. The van der Waals surface area contributed by atoms with Crippen LogP contribution in [-0.4, -0.2) is 67.9 Å². The third-order valence-corrected chi connectivity index (χ3v) is 8.17. The van der Waals surface area contributed by atoms with Crippen LogP contribution in [0.5, 0.6) is 0 Å². The van der Waals surface area contributed by atoms with E-state index >= 15 is 4.39 Å². The zero-order valence-electron chi connectivity index (χ0n) is 22.7. The maximum Gasteiger partial charge on any atom is 0.326 e. The molecule has 4 aromatic rings. The minimum Gasteiger partial charge on any atom is -0.322 e. The van der Waals surface area contributed by atoms with Crippen molar-refractivity contribution < 1.29 is 9.18 Å². The van der Waals surface area contributed by atoms with E-state index in [1.165, 1.54) is 6.07 Å². The Morgan fingerprint density at radius 3 is 2.69 bits per heavy atom. The Bertz CT molecular complexity index is 1490. The predicted molar refractivity (Wildman–Crippen MR) is 149 cm³/mol. The average molecular weight is 531 g/mol. The van der Waals surface area contributed by atoms with Gasteiger partial charge in [-0.3, -0.25) is 10.00 Å². The van der Waals surface area contributed by atoms with Gasteiger partial charge < -0.3 is 10.2 Å². The smallest absolute Gasteiger partial charge is 0.322 e. The number of carbonyl (C=O) groups excluding carboxylic acids is 1. The van der Waals surface area contributed by atoms with E-state index in [-0.39, 0.29) is 23.8 Å². The summed E-state index contributed by atoms with van der Waals surface area (Å²) in [6.07, 6.45) is 8.20. The van der Waals surface area contributed by atoms with Gasteiger partial charge in [0.05, 0.1) is 24.1 Å². The fraction of sp³-hybridized carbons (Fsp3) is 0.448. The average Bonchev–Trinajstić information content (AvgIpc) is 3.66. The molecule has 3 aromatic heterocycles. The van der Waals surface area contributed by atoms with Gasteiger partial charge in [-0.2, -0.15) is 10.2 Å². The van der Waals surface area contributed by atoms with Gasteiger partial charge in [-0.05, 0) is 73.5 Å². The number of halogens is 1. The van der Waals surface area contributed by atoms with E-state index < -0.39 is 0 Å². The van der Waals surface area contributed by atoms with Crippen LogP contribution in [0.2, 0.25) is 0 Å². The normalized spacial score (nSPS) is 18.7. The maximum atomic E-state index is 15.3. The molecule has 2 saturated heterocycles. The lowest BCUT2D eigenvalue weighted by atomic mass is 9.97. The number of hydrogen-bond donors (Lipinski definition) is 2. The topological polar surface area (TPSA) is 94.5 Å². The molecule has 204 valence electrons. The van der Waals surface area contributed by atoms with Crippen molar-refractivity contribution in [1.29, 1.82) is 0 Å². The van der Waals surface area contributed by atoms with Gasteiger partial charge in [0.25, 0.3) is 0 Å². The second-order valence-electron chi connectivity index (χ2n) is 11.0. The largest absolute Gasteiger partial charge is 0.326 e. The Kier molecular flexibility index (Phi) is 6.80. The number of rotatable bonds is 7. The third kappa shape index (κ3) is 4.67. The summed E-state index contributed by atoms with van der Waals surface area (Å²) >= 11 is 0. The first-order chi connectivity index (χ1) is 18.9. The standard InChI is InChI=1S/C29H35FN8O/c1-4-20-14-32-35-27(20)22-6-5-21(13-24(22)30)23-15-33-37-12-9-26(34-28(23)37)38-25(18(2)3)17-36(29(38)39)16-19-7-10-31-11-8-19/h5-6,9,12-15,18-19,25,31H,4,7-8,10-11,16-17H2,1-3H3,(H,32,35). The van der Waals surface area contributed by atoms with Crippen molar-refractivity contribution in [3.05, 3.63) is 54.2 Å². The molecule has 1 aromatic carbocycles. The van der Waals surface area contributed by atoms with Gasteiger partial charge in [-0.1, -0.05) is 26.8 Å². The molecule has 2 fully saturated rings. The molecule has 0 aliphatic carbocycles. The van der Waals surface area contributed by atoms with Crippen LogP contribution in [0.25, 0.3) is 28.0 Å². The Hall–Kier alpha value is -3.79. The highest BCUT2D eigenvalue weighted by Crippen LogP contribution is 2.33. The van der Waals surface area contributed by atoms with Crippen LogP contribution in [-0.2, 0) is 6.42 Å². The maximum absolute atomic E-state index is 15.3. The van der Waals surface area contributed by atoms with Crippen molar-refractivity contribution in [3.63, 3.8) is 0 Å². The lowest BCUT2D eigenvalue weighted by Gasteiger charge is -2.27. The Morgan fingerprint density at radius 1 is 1.13 bits per heavy atom. The number of fused-ring (bicyclic) bond motifs is 1. The van der Waals surface area contributed by atoms with Crippen LogP contribution < -0.4 is 10.2 Å². The zero-order valence-corrected chi connectivity index (χ0v) is 22.7. The minimum atomic E-state index is -0.342. The summed E-state index contributed by atoms with van der Waals surface area (Å²) in [5.41, 5.74) is 4.12. The lowest BCUT2D eigenvalue weighted by molar-refractivity contribution is 0.202. The first-order valence-electron chi connectivity index (χ1n) is 13.9. The fourth-order valence-electron chi connectivity index (χ4n) is 5.88. The van der Waals surface area contributed by atoms with Crippen LogP contribution in [0.15, 0.2) is 42.9 Å². The summed E-state index contributed by atoms with van der Waals surface area (Å²) in [5, 5.41) is 14.9. The van der Waals surface area contributed by atoms with E-state index in [1.807, 2.05) is 35.1 Å². The molecular formula is C29H35FN8O. The number of benzene rings is 1. The highest BCUT2D eigenvalue weighted by molar-refractivity contribution is 5.94. The molecule has 0 spiro atoms. The van der Waals surface area contributed by atoms with Gasteiger partial charge in [0, 0.05) is 30.4 Å². The van der Waals surface area contributed by atoms with E-state index in [1.54, 1.807) is 23.0 Å². The number of aryl methyl sites for hydroxylation is 1. The number of piperidine rings is 1. The van der Waals surface area contributed by atoms with E-state index in [0.29, 0.717) is 46.3 Å². The first-order valence-corrected chi connectivity index (χ1v) is 13.9. The van der Waals surface area contributed by atoms with E-state index in [0.717, 1.165) is 44.5 Å². The first kappa shape index (κ1) is 25.5. The Balaban J connectivity index is 1.32. The number of nitrogens with one attached hydrogen (secondary N) is 2. The van der Waals surface area contributed by atoms with Gasteiger partial charge in [0.15, 0.2) is 5.65 Å². The molecule has 2 aliphatic heterocycles. The summed E-state index contributed by atoms with van der Waals surface area (Å²) in [5.74, 6) is 1.05. The molecule has 10 heteroatoms. The van der Waals surface area contributed by atoms with Crippen LogP contribution in [0.3, 0.4) is 0 Å². The second kappa shape index (κ2) is 10.4. The highest BCUT2D eigenvalue weighted by Gasteiger charge is 2.41. The number of amides is 2. The van der Waals surface area contributed by atoms with E-state index in [2.05, 4.69) is 34.5 Å². The molecule has 2 aliphatic rings. The Morgan fingerprint density at radius 2 is 1.95 bits per heavy atom. The summed E-state index contributed by atoms with van der Waals surface area (Å²) in [6, 6.07) is 7.04. The third-order valence-electron chi connectivity index (χ3n) is 8.17. The molecule has 1 unspecified atom stereocenters. The van der Waals surface area contributed by atoms with Crippen LogP contribution >= 0.6 is 0 Å². The summed E-state index contributed by atoms with van der Waals surface area (Å²) in [4.78, 5) is 22.4. The number of hydrogen-bond acceptors (Lipinski definition) is 5. The van der Waals surface area contributed by atoms with E-state index in [4.69, 9.17) is 4.98 Å². The van der Waals surface area contributed by atoms with Crippen molar-refractivity contribution in [1.82, 2.24) is 35.0 Å². The van der Waals surface area contributed by atoms with Gasteiger partial charge in [0.2, 0.25) is 0 Å². The summed E-state index contributed by atoms with van der Waals surface area (Å²) < 4.78 is 17.0. The fourth-order valence-corrected chi connectivity index (χ4v) is 5.88. The SMILES string of the molecule is CCc1cn[nH]c1-c1ccc(-c2cnn3ccc(N4C(=O)N(CC5CCNCC5)CC4C(C)C)nc23)cc1F. The number of H-pyrrole nitrogens is 1. The van der Waals surface area contributed by atoms with Gasteiger partial charge in [-0.25, -0.2) is 18.7 Å². The van der Waals surface area contributed by atoms with Crippen LogP contribution in [0.4, 0.5) is 15.0 Å². The number of carbonyl (C=O) groups is 1. The summed E-state index contributed by atoms with van der Waals surface area (Å²) in [7, 11) is 0. The molecule has 2 amide bonds. The molecule has 6 rings (SSSR count). The number of aromatic nitrogens is 5. The minimum absolute atomic E-state index is 0.00632. The van der Waals surface area contributed by atoms with Crippen molar-refractivity contribution in [2.45, 2.75) is 46.1 Å². The van der Waals surface area contributed by atoms with Crippen molar-refractivity contribution in [2.24, 2.45) is 11.8 Å². The van der Waals surface area contributed by atoms with Crippen molar-refractivity contribution in [3.8, 4) is 22.4 Å². The second-order valence-corrected chi connectivity index (χ2v) is 11.0. The van der Waals surface area contributed by atoms with Crippen LogP contribution in [0.1, 0.15) is 39.2 Å². The molecule has 1 atom stereocenters. The Labute approximate surface area is 227 Å². The van der Waals surface area contributed by atoms with Gasteiger partial charge in [-0.15, -0.1) is 0 Å². The highest BCUT2D eigenvalue weighted by atomic mass is 19.1. The molecule has 0 radical (unpaired) electrons. The molecule has 2 N–H and O–H groups in total. The molecule has 0 saturated carbocycles. The monoisotopic (exact) mass is 530 g/mol. The number of urea groups is 1. The van der Waals surface area contributed by atoms with E-state index in [9.17, 15) is 4.79 Å². The molecule has 39 heavy (non-hydrogen) atoms. The number of anilines is 1. The quantitative estimate of drug-likeness (QED) is 0.360. The van der Waals surface area contributed by atoms with Gasteiger partial charge in [0.1, 0.15) is 11.6 Å². The van der Waals surface area contributed by atoms with Crippen molar-refractivity contribution >= 4 is 17.5 Å². The molecule has 0 bridgehead atoms. The van der Waals surface area contributed by atoms with Crippen LogP contribution in [0, 0.1) is 17.7 Å². The zero-order chi connectivity index (χ0) is 27.1. The summed E-state index contributed by atoms with van der Waals surface area (Å²) in [6.45, 7) is 9.81. The molecule has 9 nitrogen and oxygen atoms in total. The number of nitrogens with zero attached hydrogens (tertiary/aromatic N) is 6. The predicted octanol–water partition coefficient (Wildman–Crippen LogP) is 4.75. The van der Waals surface area contributed by atoms with Crippen molar-refractivity contribution in [2.75, 3.05) is 31.1 Å².